The van der Waals surface area contributed by atoms with Gasteiger partial charge in [-0.1, -0.05) is 29.8 Å². The van der Waals surface area contributed by atoms with Crippen molar-refractivity contribution in [2.45, 2.75) is 19.5 Å². The van der Waals surface area contributed by atoms with Crippen LogP contribution < -0.4 is 10.1 Å². The second kappa shape index (κ2) is 6.16. The fourth-order valence-electron chi connectivity index (χ4n) is 2.81. The van der Waals surface area contributed by atoms with E-state index in [4.69, 9.17) is 16.3 Å². The summed E-state index contributed by atoms with van der Waals surface area (Å²) in [7, 11) is 0. The number of para-hydroxylation sites is 1. The summed E-state index contributed by atoms with van der Waals surface area (Å²) in [6, 6.07) is 8.05. The topological polar surface area (TPSA) is 74.0 Å². The molecule has 1 N–H and O–H groups in total. The minimum Gasteiger partial charge on any atom is -0.475 e. The van der Waals surface area contributed by atoms with E-state index in [2.05, 4.69) is 15.5 Å². The maximum absolute atomic E-state index is 12.2. The van der Waals surface area contributed by atoms with Crippen LogP contribution in [0.2, 0.25) is 5.02 Å². The predicted molar refractivity (Wildman–Crippen MR) is 89.4 cm³/mol. The Morgan fingerprint density at radius 3 is 3.12 bits per heavy atom. The molecule has 1 aliphatic heterocycles. The highest BCUT2D eigenvalue weighted by Crippen LogP contribution is 2.31. The molecule has 1 aromatic carbocycles. The Labute approximate surface area is 143 Å². The third-order valence-corrected chi connectivity index (χ3v) is 4.33. The first-order valence-electron chi connectivity index (χ1n) is 7.82. The van der Waals surface area contributed by atoms with Crippen molar-refractivity contribution in [2.24, 2.45) is 0 Å². The zero-order chi connectivity index (χ0) is 16.5. The van der Waals surface area contributed by atoms with E-state index < -0.39 is 0 Å². The van der Waals surface area contributed by atoms with Gasteiger partial charge >= 0.3 is 0 Å². The number of aryl methyl sites for hydroxylation is 1. The van der Waals surface area contributed by atoms with Crippen LogP contribution in [0.1, 0.15) is 16.9 Å². The number of benzene rings is 1. The normalized spacial score (nSPS) is 13.0. The summed E-state index contributed by atoms with van der Waals surface area (Å²) in [4.78, 5) is 12.2. The second-order valence-electron chi connectivity index (χ2n) is 5.58. The number of hydrogen-bond donors (Lipinski definition) is 1. The lowest BCUT2D eigenvalue weighted by molar-refractivity contribution is 0.0946. The summed E-state index contributed by atoms with van der Waals surface area (Å²) in [5.41, 5.74) is 1.31. The first-order chi connectivity index (χ1) is 11.7. The summed E-state index contributed by atoms with van der Waals surface area (Å²) >= 11 is 6.14. The summed E-state index contributed by atoms with van der Waals surface area (Å²) in [6.07, 6.45) is 2.61. The van der Waals surface area contributed by atoms with Crippen molar-refractivity contribution in [3.63, 3.8) is 0 Å². The summed E-state index contributed by atoms with van der Waals surface area (Å²) < 4.78 is 8.91. The van der Waals surface area contributed by atoms with Crippen LogP contribution in [0.5, 0.6) is 5.88 Å². The van der Waals surface area contributed by atoms with E-state index in [0.717, 1.165) is 23.9 Å². The Morgan fingerprint density at radius 1 is 1.38 bits per heavy atom. The van der Waals surface area contributed by atoms with Gasteiger partial charge in [0.2, 0.25) is 5.88 Å². The average molecular weight is 346 g/mol. The molecule has 0 aliphatic carbocycles. The smallest absolute Gasteiger partial charge is 0.273 e. The molecule has 4 rings (SSSR count). The lowest BCUT2D eigenvalue weighted by Crippen LogP contribution is -2.26. The van der Waals surface area contributed by atoms with E-state index in [9.17, 15) is 4.79 Å². The number of carbonyl (C=O) groups is 1. The van der Waals surface area contributed by atoms with Crippen molar-refractivity contribution in [2.75, 3.05) is 13.2 Å². The molecule has 1 aliphatic rings. The van der Waals surface area contributed by atoms with Crippen molar-refractivity contribution in [3.05, 3.63) is 41.2 Å². The monoisotopic (exact) mass is 345 g/mol. The van der Waals surface area contributed by atoms with Gasteiger partial charge in [0.1, 0.15) is 11.6 Å². The number of ether oxygens (including phenoxy) is 1. The fourth-order valence-corrected chi connectivity index (χ4v) is 3.08. The number of amides is 1. The van der Waals surface area contributed by atoms with Crippen LogP contribution in [-0.4, -0.2) is 38.6 Å². The van der Waals surface area contributed by atoms with Gasteiger partial charge in [0.15, 0.2) is 5.69 Å². The van der Waals surface area contributed by atoms with Crippen LogP contribution in [0.3, 0.4) is 0 Å². The minimum atomic E-state index is -0.282. The van der Waals surface area contributed by atoms with Crippen LogP contribution in [0.4, 0.5) is 0 Å². The molecule has 1 amide bonds. The molecule has 0 atom stereocenters. The van der Waals surface area contributed by atoms with E-state index in [1.54, 1.807) is 4.68 Å². The molecule has 3 aromatic rings. The molecular weight excluding hydrogens is 330 g/mol. The lowest BCUT2D eigenvalue weighted by atomic mass is 10.2. The molecule has 0 radical (unpaired) electrons. The number of halogens is 1. The molecule has 0 fully saturated rings. The van der Waals surface area contributed by atoms with Crippen molar-refractivity contribution in [1.29, 1.82) is 0 Å². The molecule has 124 valence electrons. The Hall–Kier alpha value is -2.54. The summed E-state index contributed by atoms with van der Waals surface area (Å²) in [6.45, 7) is 2.41. The minimum absolute atomic E-state index is 0.218. The first-order valence-corrected chi connectivity index (χ1v) is 8.19. The number of aromatic nitrogens is 4. The van der Waals surface area contributed by atoms with Gasteiger partial charge < -0.3 is 10.1 Å². The fraction of sp³-hybridized carbons (Fsp3) is 0.312. The summed E-state index contributed by atoms with van der Waals surface area (Å²) in [5.74, 6) is 0.195. The molecular formula is C16H16ClN5O2. The van der Waals surface area contributed by atoms with E-state index >= 15 is 0 Å². The number of carbonyl (C=O) groups excluding carboxylic acids is 1. The average Bonchev–Trinajstić information content (AvgIpc) is 3.28. The van der Waals surface area contributed by atoms with Gasteiger partial charge in [-0.25, -0.2) is 4.68 Å². The van der Waals surface area contributed by atoms with Crippen LogP contribution >= 0.6 is 11.6 Å². The lowest BCUT2D eigenvalue weighted by Gasteiger charge is -2.05. The van der Waals surface area contributed by atoms with Gasteiger partial charge in [0.05, 0.1) is 18.3 Å². The van der Waals surface area contributed by atoms with Crippen molar-refractivity contribution >= 4 is 28.4 Å². The highest BCUT2D eigenvalue weighted by atomic mass is 35.5. The van der Waals surface area contributed by atoms with E-state index in [1.165, 1.54) is 0 Å². The third-order valence-electron chi connectivity index (χ3n) is 3.99. The van der Waals surface area contributed by atoms with Crippen LogP contribution in [0.15, 0.2) is 30.5 Å². The van der Waals surface area contributed by atoms with E-state index in [0.29, 0.717) is 25.6 Å². The molecule has 0 saturated heterocycles. The van der Waals surface area contributed by atoms with E-state index in [1.807, 2.05) is 35.1 Å². The van der Waals surface area contributed by atoms with Crippen LogP contribution in [-0.2, 0) is 13.1 Å². The molecule has 0 bridgehead atoms. The molecule has 0 unspecified atom stereocenters. The van der Waals surface area contributed by atoms with Gasteiger partial charge in [-0.15, -0.1) is 0 Å². The molecule has 7 nitrogen and oxygen atoms in total. The SMILES string of the molecule is O=C(NCCCn1ncc2ccccc21)c1nn2c(c1Cl)OCC2. The molecule has 3 heterocycles. The third kappa shape index (κ3) is 2.60. The van der Waals surface area contributed by atoms with Gasteiger partial charge in [-0.2, -0.15) is 10.2 Å². The standard InChI is InChI=1S/C16H16ClN5O2/c17-13-14(20-22-8-9-24-16(13)22)15(23)18-6-3-7-21-12-5-2-1-4-11(12)10-19-21/h1-2,4-5,10H,3,6-9H2,(H,18,23). The molecule has 24 heavy (non-hydrogen) atoms. The molecule has 2 aromatic heterocycles. The highest BCUT2D eigenvalue weighted by Gasteiger charge is 2.25. The van der Waals surface area contributed by atoms with Crippen LogP contribution in [0.25, 0.3) is 10.9 Å². The first kappa shape index (κ1) is 15.0. The quantitative estimate of drug-likeness (QED) is 0.719. The number of fused-ring (bicyclic) bond motifs is 2. The van der Waals surface area contributed by atoms with Gasteiger partial charge in [-0.3, -0.25) is 9.48 Å². The number of nitrogens with zero attached hydrogens (tertiary/aromatic N) is 4. The Kier molecular flexibility index (Phi) is 3.86. The second-order valence-corrected chi connectivity index (χ2v) is 5.95. The highest BCUT2D eigenvalue weighted by molar-refractivity contribution is 6.34. The van der Waals surface area contributed by atoms with Crippen molar-refractivity contribution in [1.82, 2.24) is 24.9 Å². The maximum atomic E-state index is 12.2. The Morgan fingerprint density at radius 2 is 2.25 bits per heavy atom. The number of nitrogens with one attached hydrogen (secondary N) is 1. The van der Waals surface area contributed by atoms with Gasteiger partial charge in [-0.05, 0) is 12.5 Å². The Bertz CT molecular complexity index is 901. The van der Waals surface area contributed by atoms with E-state index in [-0.39, 0.29) is 16.6 Å². The zero-order valence-electron chi connectivity index (χ0n) is 12.9. The van der Waals surface area contributed by atoms with Crippen molar-refractivity contribution in [3.8, 4) is 5.88 Å². The summed E-state index contributed by atoms with van der Waals surface area (Å²) in [5, 5.41) is 12.8. The largest absolute Gasteiger partial charge is 0.475 e. The van der Waals surface area contributed by atoms with Gasteiger partial charge in [0.25, 0.3) is 5.91 Å². The Balaban J connectivity index is 1.33. The molecule has 8 heteroatoms. The molecule has 0 spiro atoms. The van der Waals surface area contributed by atoms with Gasteiger partial charge in [0, 0.05) is 18.5 Å². The predicted octanol–water partition coefficient (Wildman–Crippen LogP) is 2.10. The number of hydrogen-bond acceptors (Lipinski definition) is 4. The molecule has 0 saturated carbocycles. The number of rotatable bonds is 5. The van der Waals surface area contributed by atoms with Crippen LogP contribution in [0, 0.1) is 0 Å². The van der Waals surface area contributed by atoms with Crippen molar-refractivity contribution < 1.29 is 9.53 Å². The zero-order valence-corrected chi connectivity index (χ0v) is 13.7. The maximum Gasteiger partial charge on any atom is 0.273 e.